The number of rotatable bonds is 3. The molecular formula is C12H14N2O3. The third kappa shape index (κ3) is 2.38. The summed E-state index contributed by atoms with van der Waals surface area (Å²) in [6.45, 7) is 1.39. The highest BCUT2D eigenvalue weighted by atomic mass is 16.5. The Hall–Kier alpha value is -2.04. The van der Waals surface area contributed by atoms with E-state index in [0.29, 0.717) is 13.1 Å². The third-order valence-corrected chi connectivity index (χ3v) is 2.88. The Morgan fingerprint density at radius 1 is 1.47 bits per heavy atom. The molecule has 0 amide bonds. The number of hydrogen-bond donors (Lipinski definition) is 1. The van der Waals surface area contributed by atoms with Gasteiger partial charge in [-0.3, -0.25) is 4.79 Å². The molecule has 0 atom stereocenters. The fourth-order valence-electron chi connectivity index (χ4n) is 1.84. The number of methoxy groups -OCH3 is 1. The maximum Gasteiger partial charge on any atom is 0.312 e. The van der Waals surface area contributed by atoms with Gasteiger partial charge in [-0.05, 0) is 17.7 Å². The van der Waals surface area contributed by atoms with E-state index in [0.717, 1.165) is 11.3 Å². The van der Waals surface area contributed by atoms with E-state index < -0.39 is 0 Å². The molecule has 1 fully saturated rings. The first-order valence-electron chi connectivity index (χ1n) is 5.35. The van der Waals surface area contributed by atoms with Crippen molar-refractivity contribution in [2.24, 2.45) is 11.1 Å². The molecule has 1 N–H and O–H groups in total. The highest BCUT2D eigenvalue weighted by Crippen LogP contribution is 2.25. The smallest absolute Gasteiger partial charge is 0.312 e. The summed E-state index contributed by atoms with van der Waals surface area (Å²) < 4.78 is 4.68. The molecule has 5 nitrogen and oxygen atoms in total. The molecule has 1 aromatic rings. The quantitative estimate of drug-likeness (QED) is 0.368. The van der Waals surface area contributed by atoms with Crippen LogP contribution in [-0.2, 0) is 9.53 Å². The Morgan fingerprint density at radius 2 is 2.12 bits per heavy atom. The van der Waals surface area contributed by atoms with Crippen molar-refractivity contribution in [1.29, 1.82) is 0 Å². The number of benzene rings is 1. The molecule has 1 aliphatic rings. The van der Waals surface area contributed by atoms with Crippen molar-refractivity contribution in [3.8, 4) is 0 Å². The van der Waals surface area contributed by atoms with E-state index in [9.17, 15) is 4.79 Å². The van der Waals surface area contributed by atoms with E-state index in [1.165, 1.54) is 13.3 Å². The van der Waals surface area contributed by atoms with Crippen LogP contribution in [0.15, 0.2) is 29.4 Å². The summed E-state index contributed by atoms with van der Waals surface area (Å²) >= 11 is 0. The monoisotopic (exact) mass is 234 g/mol. The van der Waals surface area contributed by atoms with Gasteiger partial charge in [0, 0.05) is 18.8 Å². The number of oxime groups is 1. The molecule has 2 rings (SSSR count). The molecule has 0 unspecified atom stereocenters. The summed E-state index contributed by atoms with van der Waals surface area (Å²) in [6, 6.07) is 7.59. The van der Waals surface area contributed by atoms with Crippen LogP contribution in [0.5, 0.6) is 0 Å². The van der Waals surface area contributed by atoms with Gasteiger partial charge in [-0.2, -0.15) is 0 Å². The van der Waals surface area contributed by atoms with Gasteiger partial charge in [-0.25, -0.2) is 0 Å². The van der Waals surface area contributed by atoms with Gasteiger partial charge in [0.05, 0.1) is 19.2 Å². The predicted octanol–water partition coefficient (Wildman–Crippen LogP) is 1.10. The van der Waals surface area contributed by atoms with E-state index in [1.54, 1.807) is 0 Å². The van der Waals surface area contributed by atoms with Gasteiger partial charge < -0.3 is 14.8 Å². The standard InChI is InChI=1S/C12H14N2O3/c1-17-12(15)10-7-14(8-10)11-4-2-9(3-5-11)6-13-16/h2-6,10,16H,7-8H2,1H3. The van der Waals surface area contributed by atoms with E-state index >= 15 is 0 Å². The Kier molecular flexibility index (Phi) is 3.27. The topological polar surface area (TPSA) is 62.1 Å². The molecular weight excluding hydrogens is 220 g/mol. The van der Waals surface area contributed by atoms with Gasteiger partial charge in [0.25, 0.3) is 0 Å². The number of ether oxygens (including phenoxy) is 1. The first kappa shape index (κ1) is 11.4. The Balaban J connectivity index is 1.95. The van der Waals surface area contributed by atoms with Gasteiger partial charge >= 0.3 is 5.97 Å². The zero-order valence-electron chi connectivity index (χ0n) is 9.54. The summed E-state index contributed by atoms with van der Waals surface area (Å²) in [6.07, 6.45) is 1.37. The van der Waals surface area contributed by atoms with Crippen LogP contribution in [0.1, 0.15) is 5.56 Å². The van der Waals surface area contributed by atoms with Crippen molar-refractivity contribution < 1.29 is 14.7 Å². The molecule has 0 bridgehead atoms. The number of anilines is 1. The van der Waals surface area contributed by atoms with Gasteiger partial charge in [0.1, 0.15) is 0 Å². The largest absolute Gasteiger partial charge is 0.469 e. The van der Waals surface area contributed by atoms with Gasteiger partial charge in [0.2, 0.25) is 0 Å². The Bertz CT molecular complexity index is 422. The lowest BCUT2D eigenvalue weighted by Gasteiger charge is -2.39. The van der Waals surface area contributed by atoms with Gasteiger partial charge in [0.15, 0.2) is 0 Å². The fourth-order valence-corrected chi connectivity index (χ4v) is 1.84. The lowest BCUT2D eigenvalue weighted by Crippen LogP contribution is -2.50. The van der Waals surface area contributed by atoms with E-state index in [4.69, 9.17) is 5.21 Å². The number of nitrogens with zero attached hydrogens (tertiary/aromatic N) is 2. The number of hydrogen-bond acceptors (Lipinski definition) is 5. The highest BCUT2D eigenvalue weighted by Gasteiger charge is 2.33. The van der Waals surface area contributed by atoms with Crippen molar-refractivity contribution in [3.63, 3.8) is 0 Å². The number of carbonyl (C=O) groups is 1. The maximum atomic E-state index is 11.2. The second-order valence-electron chi connectivity index (χ2n) is 3.96. The molecule has 1 saturated heterocycles. The molecule has 0 spiro atoms. The summed E-state index contributed by atoms with van der Waals surface area (Å²) in [5, 5.41) is 11.3. The molecule has 5 heteroatoms. The molecule has 0 radical (unpaired) electrons. The molecule has 1 aromatic carbocycles. The summed E-state index contributed by atoms with van der Waals surface area (Å²) in [4.78, 5) is 13.3. The van der Waals surface area contributed by atoms with Crippen LogP contribution < -0.4 is 4.90 Å². The zero-order valence-corrected chi connectivity index (χ0v) is 9.54. The fraction of sp³-hybridized carbons (Fsp3) is 0.333. The predicted molar refractivity (Wildman–Crippen MR) is 63.5 cm³/mol. The molecule has 0 aliphatic carbocycles. The molecule has 0 aromatic heterocycles. The zero-order chi connectivity index (χ0) is 12.3. The Labute approximate surface area is 99.3 Å². The minimum atomic E-state index is -0.148. The molecule has 17 heavy (non-hydrogen) atoms. The van der Waals surface area contributed by atoms with Gasteiger partial charge in [-0.1, -0.05) is 17.3 Å². The van der Waals surface area contributed by atoms with Crippen molar-refractivity contribution in [2.45, 2.75) is 0 Å². The van der Waals surface area contributed by atoms with Crippen LogP contribution in [0.3, 0.4) is 0 Å². The molecule has 1 heterocycles. The van der Waals surface area contributed by atoms with Crippen LogP contribution in [0.4, 0.5) is 5.69 Å². The first-order chi connectivity index (χ1) is 8.24. The number of esters is 1. The van der Waals surface area contributed by atoms with Crippen molar-refractivity contribution >= 4 is 17.9 Å². The molecule has 90 valence electrons. The second kappa shape index (κ2) is 4.86. The third-order valence-electron chi connectivity index (χ3n) is 2.88. The van der Waals surface area contributed by atoms with Crippen molar-refractivity contribution in [1.82, 2.24) is 0 Å². The van der Waals surface area contributed by atoms with Crippen LogP contribution >= 0.6 is 0 Å². The SMILES string of the molecule is COC(=O)C1CN(c2ccc(C=NO)cc2)C1. The van der Waals surface area contributed by atoms with Crippen LogP contribution in [0.2, 0.25) is 0 Å². The van der Waals surface area contributed by atoms with Crippen LogP contribution in [0, 0.1) is 5.92 Å². The lowest BCUT2D eigenvalue weighted by atomic mass is 9.99. The normalized spacial score (nSPS) is 15.9. The minimum Gasteiger partial charge on any atom is -0.469 e. The first-order valence-corrected chi connectivity index (χ1v) is 5.35. The lowest BCUT2D eigenvalue weighted by molar-refractivity contribution is -0.146. The van der Waals surface area contributed by atoms with Crippen molar-refractivity contribution in [2.75, 3.05) is 25.1 Å². The second-order valence-corrected chi connectivity index (χ2v) is 3.96. The van der Waals surface area contributed by atoms with Crippen molar-refractivity contribution in [3.05, 3.63) is 29.8 Å². The average molecular weight is 234 g/mol. The van der Waals surface area contributed by atoms with E-state index in [2.05, 4.69) is 14.8 Å². The molecule has 1 aliphatic heterocycles. The average Bonchev–Trinajstić information content (AvgIpc) is 2.29. The van der Waals surface area contributed by atoms with Gasteiger partial charge in [-0.15, -0.1) is 0 Å². The minimum absolute atomic E-state index is 0.0151. The maximum absolute atomic E-state index is 11.2. The van der Waals surface area contributed by atoms with E-state index in [1.807, 2.05) is 24.3 Å². The number of carbonyl (C=O) groups excluding carboxylic acids is 1. The summed E-state index contributed by atoms with van der Waals surface area (Å²) in [5.74, 6) is -0.163. The highest BCUT2D eigenvalue weighted by molar-refractivity contribution is 5.80. The summed E-state index contributed by atoms with van der Waals surface area (Å²) in [5.41, 5.74) is 1.89. The van der Waals surface area contributed by atoms with Crippen LogP contribution in [0.25, 0.3) is 0 Å². The Morgan fingerprint density at radius 3 is 2.65 bits per heavy atom. The van der Waals surface area contributed by atoms with Crippen LogP contribution in [-0.4, -0.2) is 37.6 Å². The molecule has 0 saturated carbocycles. The van der Waals surface area contributed by atoms with E-state index in [-0.39, 0.29) is 11.9 Å². The summed E-state index contributed by atoms with van der Waals surface area (Å²) in [7, 11) is 1.41.